The van der Waals surface area contributed by atoms with Crippen LogP contribution in [-0.2, 0) is 6.54 Å². The Labute approximate surface area is 101 Å². The summed E-state index contributed by atoms with van der Waals surface area (Å²) in [5.74, 6) is 0.983. The topological polar surface area (TPSA) is 55.6 Å². The zero-order chi connectivity index (χ0) is 11.8. The van der Waals surface area contributed by atoms with Gasteiger partial charge in [-0.2, -0.15) is 0 Å². The van der Waals surface area contributed by atoms with Gasteiger partial charge in [0.1, 0.15) is 0 Å². The fourth-order valence-electron chi connectivity index (χ4n) is 1.12. The molecule has 0 atom stereocenters. The summed E-state index contributed by atoms with van der Waals surface area (Å²) in [5.41, 5.74) is 1.19. The lowest BCUT2D eigenvalue weighted by Gasteiger charge is -2.04. The summed E-state index contributed by atoms with van der Waals surface area (Å²) in [5, 5.41) is 15.8. The molecular formula is C10H19N5S. The van der Waals surface area contributed by atoms with Crippen molar-refractivity contribution < 1.29 is 0 Å². The van der Waals surface area contributed by atoms with Gasteiger partial charge in [0, 0.05) is 12.3 Å². The number of nitrogens with one attached hydrogen (secondary N) is 1. The number of hydrogen-bond acceptors (Lipinski definition) is 5. The van der Waals surface area contributed by atoms with E-state index < -0.39 is 0 Å². The lowest BCUT2D eigenvalue weighted by atomic mass is 10.3. The Balaban J connectivity index is 2.34. The number of thioether (sulfide) groups is 1. The zero-order valence-corrected chi connectivity index (χ0v) is 10.8. The van der Waals surface area contributed by atoms with E-state index >= 15 is 0 Å². The molecule has 6 heteroatoms. The van der Waals surface area contributed by atoms with E-state index in [1.165, 1.54) is 5.57 Å². The Hall–Kier alpha value is -0.880. The van der Waals surface area contributed by atoms with Gasteiger partial charge in [0.25, 0.3) is 0 Å². The Morgan fingerprint density at radius 1 is 1.56 bits per heavy atom. The molecule has 5 nitrogen and oxygen atoms in total. The van der Waals surface area contributed by atoms with Gasteiger partial charge < -0.3 is 5.32 Å². The highest BCUT2D eigenvalue weighted by Gasteiger charge is 2.05. The molecular weight excluding hydrogens is 222 g/mol. The largest absolute Gasteiger partial charge is 0.315 e. The molecule has 1 heterocycles. The average molecular weight is 241 g/mol. The van der Waals surface area contributed by atoms with Gasteiger partial charge in [-0.3, -0.25) is 0 Å². The van der Waals surface area contributed by atoms with Crippen molar-refractivity contribution in [2.75, 3.05) is 18.8 Å². The van der Waals surface area contributed by atoms with E-state index in [2.05, 4.69) is 34.3 Å². The van der Waals surface area contributed by atoms with Crippen molar-refractivity contribution in [3.63, 3.8) is 0 Å². The van der Waals surface area contributed by atoms with Crippen LogP contribution in [0.1, 0.15) is 20.3 Å². The first-order chi connectivity index (χ1) is 7.74. The number of allylic oxidation sites excluding steroid dienone is 1. The smallest absolute Gasteiger partial charge is 0.209 e. The molecule has 0 bridgehead atoms. The first-order valence-electron chi connectivity index (χ1n) is 5.48. The molecule has 16 heavy (non-hydrogen) atoms. The van der Waals surface area contributed by atoms with Crippen LogP contribution in [0.15, 0.2) is 17.3 Å². The fourth-order valence-corrected chi connectivity index (χ4v) is 2.12. The van der Waals surface area contributed by atoms with Crippen LogP contribution in [0.4, 0.5) is 0 Å². The maximum absolute atomic E-state index is 4.00. The predicted molar refractivity (Wildman–Crippen MR) is 66.5 cm³/mol. The molecule has 0 aliphatic carbocycles. The number of aromatic nitrogens is 4. The van der Waals surface area contributed by atoms with E-state index in [0.717, 1.165) is 37.0 Å². The number of tetrazole rings is 1. The van der Waals surface area contributed by atoms with Gasteiger partial charge in [0.05, 0.1) is 6.54 Å². The Bertz CT molecular complexity index is 323. The van der Waals surface area contributed by atoms with Crippen LogP contribution >= 0.6 is 11.8 Å². The van der Waals surface area contributed by atoms with Crippen molar-refractivity contribution in [2.45, 2.75) is 32.0 Å². The quantitative estimate of drug-likeness (QED) is 0.423. The van der Waals surface area contributed by atoms with Crippen molar-refractivity contribution in [1.29, 1.82) is 0 Å². The number of likely N-dealkylation sites (N-methyl/N-ethyl adjacent to an activating group) is 1. The molecule has 0 aromatic carbocycles. The minimum Gasteiger partial charge on any atom is -0.315 e. The van der Waals surface area contributed by atoms with E-state index in [9.17, 15) is 0 Å². The third kappa shape index (κ3) is 4.76. The molecule has 0 saturated heterocycles. The Kier molecular flexibility index (Phi) is 6.10. The summed E-state index contributed by atoms with van der Waals surface area (Å²) in [6, 6.07) is 0. The molecule has 1 N–H and O–H groups in total. The summed E-state index contributed by atoms with van der Waals surface area (Å²) >= 11 is 1.68. The average Bonchev–Trinajstić information content (AvgIpc) is 2.66. The minimum atomic E-state index is 0.816. The normalized spacial score (nSPS) is 10.6. The van der Waals surface area contributed by atoms with E-state index in [-0.39, 0.29) is 0 Å². The van der Waals surface area contributed by atoms with E-state index in [0.29, 0.717) is 0 Å². The van der Waals surface area contributed by atoms with E-state index in [4.69, 9.17) is 0 Å². The first kappa shape index (κ1) is 13.2. The molecule has 0 radical (unpaired) electrons. The fraction of sp³-hybridized carbons (Fsp3) is 0.700. The molecule has 1 aromatic rings. The minimum absolute atomic E-state index is 0.816. The van der Waals surface area contributed by atoms with Crippen LogP contribution < -0.4 is 5.32 Å². The van der Waals surface area contributed by atoms with Gasteiger partial charge in [0.15, 0.2) is 0 Å². The van der Waals surface area contributed by atoms with Crippen molar-refractivity contribution in [3.05, 3.63) is 12.2 Å². The predicted octanol–water partition coefficient (Wildman–Crippen LogP) is 1.34. The Morgan fingerprint density at radius 3 is 3.06 bits per heavy atom. The molecule has 1 aromatic heterocycles. The zero-order valence-electron chi connectivity index (χ0n) is 9.94. The molecule has 0 aliphatic heterocycles. The molecule has 0 aliphatic rings. The summed E-state index contributed by atoms with van der Waals surface area (Å²) in [7, 11) is 0. The van der Waals surface area contributed by atoms with Crippen molar-refractivity contribution in [3.8, 4) is 0 Å². The number of hydrogen-bond donors (Lipinski definition) is 1. The highest BCUT2D eigenvalue weighted by Crippen LogP contribution is 2.16. The maximum atomic E-state index is 4.00. The van der Waals surface area contributed by atoms with Crippen LogP contribution in [0.5, 0.6) is 0 Å². The summed E-state index contributed by atoms with van der Waals surface area (Å²) in [6.07, 6.45) is 1.00. The lowest BCUT2D eigenvalue weighted by Crippen LogP contribution is -2.20. The van der Waals surface area contributed by atoms with Gasteiger partial charge >= 0.3 is 0 Å². The Morgan fingerprint density at radius 2 is 2.38 bits per heavy atom. The second kappa shape index (κ2) is 7.40. The molecule has 0 spiro atoms. The third-order valence-corrected chi connectivity index (χ3v) is 2.97. The van der Waals surface area contributed by atoms with Crippen LogP contribution in [-0.4, -0.2) is 39.0 Å². The van der Waals surface area contributed by atoms with Crippen molar-refractivity contribution in [2.24, 2.45) is 0 Å². The highest BCUT2D eigenvalue weighted by molar-refractivity contribution is 7.99. The van der Waals surface area contributed by atoms with Crippen LogP contribution in [0.3, 0.4) is 0 Å². The molecule has 0 saturated carbocycles. The van der Waals surface area contributed by atoms with Crippen LogP contribution in [0, 0.1) is 0 Å². The molecule has 0 amide bonds. The number of rotatable bonds is 8. The SMILES string of the molecule is C=C(C)CCSc1nnnn1CCNCC. The van der Waals surface area contributed by atoms with Gasteiger partial charge in [-0.1, -0.05) is 24.3 Å². The van der Waals surface area contributed by atoms with Crippen molar-refractivity contribution >= 4 is 11.8 Å². The van der Waals surface area contributed by atoms with Crippen LogP contribution in [0.2, 0.25) is 0 Å². The van der Waals surface area contributed by atoms with Crippen molar-refractivity contribution in [1.82, 2.24) is 25.5 Å². The summed E-state index contributed by atoms with van der Waals surface area (Å²) in [4.78, 5) is 0. The number of nitrogens with zero attached hydrogens (tertiary/aromatic N) is 4. The lowest BCUT2D eigenvalue weighted by molar-refractivity contribution is 0.517. The van der Waals surface area contributed by atoms with Gasteiger partial charge in [-0.05, 0) is 30.3 Å². The van der Waals surface area contributed by atoms with E-state index in [1.807, 2.05) is 11.6 Å². The summed E-state index contributed by atoms with van der Waals surface area (Å²) < 4.78 is 1.84. The first-order valence-corrected chi connectivity index (χ1v) is 6.46. The van der Waals surface area contributed by atoms with Gasteiger partial charge in [-0.15, -0.1) is 11.7 Å². The molecule has 1 rings (SSSR count). The maximum Gasteiger partial charge on any atom is 0.209 e. The van der Waals surface area contributed by atoms with Gasteiger partial charge in [0.2, 0.25) is 5.16 Å². The third-order valence-electron chi connectivity index (χ3n) is 2.01. The molecule has 90 valence electrons. The standard InChI is InChI=1S/C10H19N5S/c1-4-11-6-7-15-10(12-13-14-15)16-8-5-9(2)3/h11H,2,4-8H2,1,3H3. The monoisotopic (exact) mass is 241 g/mol. The summed E-state index contributed by atoms with van der Waals surface area (Å²) in [6.45, 7) is 10.7. The molecule has 0 fully saturated rings. The second-order valence-electron chi connectivity index (χ2n) is 3.59. The second-order valence-corrected chi connectivity index (χ2v) is 4.66. The van der Waals surface area contributed by atoms with E-state index in [1.54, 1.807) is 11.8 Å². The molecule has 0 unspecified atom stereocenters. The highest BCUT2D eigenvalue weighted by atomic mass is 32.2. The van der Waals surface area contributed by atoms with Gasteiger partial charge in [-0.25, -0.2) is 4.68 Å². The van der Waals surface area contributed by atoms with Crippen LogP contribution in [0.25, 0.3) is 0 Å².